The standard InChI is InChI=1S/C11H17N3O2/c1-5-16-10(15)9-13-12-7(2)14(9)8-6-11(8,3)4/h8H,5-6H2,1-4H3. The molecule has 1 aromatic heterocycles. The average Bonchev–Trinajstić information content (AvgIpc) is 2.66. The SMILES string of the molecule is CCOC(=O)c1nnc(C)n1C1CC1(C)C. The van der Waals surface area contributed by atoms with E-state index in [2.05, 4.69) is 24.0 Å². The van der Waals surface area contributed by atoms with Crippen LogP contribution in [0.25, 0.3) is 0 Å². The van der Waals surface area contributed by atoms with Gasteiger partial charge in [0.1, 0.15) is 5.82 Å². The zero-order valence-corrected chi connectivity index (χ0v) is 10.1. The highest BCUT2D eigenvalue weighted by Gasteiger charge is 2.49. The fourth-order valence-electron chi connectivity index (χ4n) is 1.96. The number of esters is 1. The molecule has 0 bridgehead atoms. The Labute approximate surface area is 94.8 Å². The van der Waals surface area contributed by atoms with Gasteiger partial charge in [-0.2, -0.15) is 0 Å². The first kappa shape index (κ1) is 11.1. The number of ether oxygens (including phenoxy) is 1. The molecule has 0 spiro atoms. The Hall–Kier alpha value is -1.39. The predicted molar refractivity (Wildman–Crippen MR) is 58.2 cm³/mol. The van der Waals surface area contributed by atoms with Gasteiger partial charge in [0.2, 0.25) is 5.82 Å². The highest BCUT2D eigenvalue weighted by molar-refractivity contribution is 5.85. The number of carbonyl (C=O) groups excluding carboxylic acids is 1. The molecule has 1 unspecified atom stereocenters. The van der Waals surface area contributed by atoms with Gasteiger partial charge in [-0.3, -0.25) is 0 Å². The van der Waals surface area contributed by atoms with E-state index in [1.54, 1.807) is 6.92 Å². The van der Waals surface area contributed by atoms with Crippen molar-refractivity contribution in [3.8, 4) is 0 Å². The minimum Gasteiger partial charge on any atom is -0.460 e. The molecule has 1 saturated carbocycles. The summed E-state index contributed by atoms with van der Waals surface area (Å²) in [5, 5.41) is 7.86. The summed E-state index contributed by atoms with van der Waals surface area (Å²) in [5.41, 5.74) is 0.231. The van der Waals surface area contributed by atoms with Gasteiger partial charge in [-0.05, 0) is 25.7 Å². The maximum absolute atomic E-state index is 11.7. The molecule has 1 heterocycles. The summed E-state index contributed by atoms with van der Waals surface area (Å²) < 4.78 is 6.87. The third-order valence-electron chi connectivity index (χ3n) is 3.10. The Bertz CT molecular complexity index is 423. The van der Waals surface area contributed by atoms with Gasteiger partial charge < -0.3 is 9.30 Å². The lowest BCUT2D eigenvalue weighted by molar-refractivity contribution is 0.0504. The maximum atomic E-state index is 11.7. The first-order chi connectivity index (χ1) is 7.47. The molecule has 1 atom stereocenters. The van der Waals surface area contributed by atoms with Crippen LogP contribution in [0.4, 0.5) is 0 Å². The van der Waals surface area contributed by atoms with Crippen LogP contribution in [0, 0.1) is 12.3 Å². The summed E-state index contributed by atoms with van der Waals surface area (Å²) in [6.07, 6.45) is 1.05. The topological polar surface area (TPSA) is 57.0 Å². The lowest BCUT2D eigenvalue weighted by Crippen LogP contribution is -2.15. The second-order valence-corrected chi connectivity index (χ2v) is 4.87. The van der Waals surface area contributed by atoms with Crippen LogP contribution in [0.1, 0.15) is 49.7 Å². The molecule has 0 saturated heterocycles. The Kier molecular flexibility index (Phi) is 2.48. The molecule has 5 nitrogen and oxygen atoms in total. The predicted octanol–water partition coefficient (Wildman–Crippen LogP) is 1.73. The zero-order chi connectivity index (χ0) is 11.9. The van der Waals surface area contributed by atoms with E-state index in [9.17, 15) is 4.79 Å². The first-order valence-corrected chi connectivity index (χ1v) is 5.56. The molecule has 0 aromatic carbocycles. The van der Waals surface area contributed by atoms with Crippen molar-refractivity contribution in [2.24, 2.45) is 5.41 Å². The van der Waals surface area contributed by atoms with Crippen molar-refractivity contribution >= 4 is 5.97 Å². The molecule has 0 N–H and O–H groups in total. The number of carbonyl (C=O) groups is 1. The van der Waals surface area contributed by atoms with Crippen LogP contribution in [0.2, 0.25) is 0 Å². The van der Waals surface area contributed by atoms with Gasteiger partial charge in [0.25, 0.3) is 0 Å². The second-order valence-electron chi connectivity index (χ2n) is 4.87. The lowest BCUT2D eigenvalue weighted by atomic mass is 10.2. The van der Waals surface area contributed by atoms with Crippen LogP contribution < -0.4 is 0 Å². The molecule has 1 fully saturated rings. The summed E-state index contributed by atoms with van der Waals surface area (Å²) in [5.74, 6) is 0.722. The lowest BCUT2D eigenvalue weighted by Gasteiger charge is -2.09. The van der Waals surface area contributed by atoms with Crippen molar-refractivity contribution in [2.45, 2.75) is 40.2 Å². The third kappa shape index (κ3) is 1.70. The summed E-state index contributed by atoms with van der Waals surface area (Å²) >= 11 is 0. The van der Waals surface area contributed by atoms with Crippen LogP contribution in [0.15, 0.2) is 0 Å². The molecule has 1 aliphatic rings. The molecule has 0 amide bonds. The van der Waals surface area contributed by atoms with E-state index in [0.29, 0.717) is 18.5 Å². The molecule has 0 aliphatic heterocycles. The number of aryl methyl sites for hydroxylation is 1. The molecule has 0 radical (unpaired) electrons. The molecule has 1 aliphatic carbocycles. The quantitative estimate of drug-likeness (QED) is 0.732. The molecule has 5 heteroatoms. The number of hydrogen-bond acceptors (Lipinski definition) is 4. The largest absolute Gasteiger partial charge is 0.460 e. The van der Waals surface area contributed by atoms with Gasteiger partial charge in [0, 0.05) is 6.04 Å². The molecular weight excluding hydrogens is 206 g/mol. The molecule has 88 valence electrons. The van der Waals surface area contributed by atoms with E-state index in [0.717, 1.165) is 12.2 Å². The minimum atomic E-state index is -0.384. The Morgan fingerprint density at radius 1 is 1.56 bits per heavy atom. The van der Waals surface area contributed by atoms with Gasteiger partial charge in [-0.15, -0.1) is 10.2 Å². The number of aromatic nitrogens is 3. The molecule has 2 rings (SSSR count). The minimum absolute atomic E-state index is 0.231. The van der Waals surface area contributed by atoms with Crippen LogP contribution in [0.3, 0.4) is 0 Å². The monoisotopic (exact) mass is 223 g/mol. The van der Waals surface area contributed by atoms with Crippen molar-refractivity contribution in [3.63, 3.8) is 0 Å². The van der Waals surface area contributed by atoms with Gasteiger partial charge >= 0.3 is 5.97 Å². The van der Waals surface area contributed by atoms with Crippen LogP contribution in [-0.4, -0.2) is 27.3 Å². The van der Waals surface area contributed by atoms with Gasteiger partial charge in [0.15, 0.2) is 0 Å². The Morgan fingerprint density at radius 2 is 2.19 bits per heavy atom. The van der Waals surface area contributed by atoms with Crippen LogP contribution in [0.5, 0.6) is 0 Å². The average molecular weight is 223 g/mol. The summed E-state index contributed by atoms with van der Waals surface area (Å²) in [7, 11) is 0. The van der Waals surface area contributed by atoms with Crippen molar-refractivity contribution in [3.05, 3.63) is 11.6 Å². The number of hydrogen-bond donors (Lipinski definition) is 0. The third-order valence-corrected chi connectivity index (χ3v) is 3.10. The summed E-state index contributed by atoms with van der Waals surface area (Å²) in [6, 6.07) is 0.321. The van der Waals surface area contributed by atoms with E-state index < -0.39 is 0 Å². The van der Waals surface area contributed by atoms with Crippen molar-refractivity contribution in [1.29, 1.82) is 0 Å². The maximum Gasteiger partial charge on any atom is 0.376 e. The highest BCUT2D eigenvalue weighted by Crippen LogP contribution is 2.56. The van der Waals surface area contributed by atoms with Gasteiger partial charge in [-0.25, -0.2) is 4.79 Å². The highest BCUT2D eigenvalue weighted by atomic mass is 16.5. The Morgan fingerprint density at radius 3 is 2.69 bits per heavy atom. The van der Waals surface area contributed by atoms with Crippen LogP contribution >= 0.6 is 0 Å². The fourth-order valence-corrected chi connectivity index (χ4v) is 1.96. The normalized spacial score (nSPS) is 21.9. The zero-order valence-electron chi connectivity index (χ0n) is 10.1. The number of rotatable bonds is 3. The van der Waals surface area contributed by atoms with E-state index in [4.69, 9.17) is 4.74 Å². The van der Waals surface area contributed by atoms with E-state index >= 15 is 0 Å². The van der Waals surface area contributed by atoms with Crippen LogP contribution in [-0.2, 0) is 4.74 Å². The van der Waals surface area contributed by atoms with Crippen molar-refractivity contribution < 1.29 is 9.53 Å². The second kappa shape index (κ2) is 3.57. The first-order valence-electron chi connectivity index (χ1n) is 5.56. The molecular formula is C11H17N3O2. The van der Waals surface area contributed by atoms with Gasteiger partial charge in [0.05, 0.1) is 6.61 Å². The van der Waals surface area contributed by atoms with E-state index in [1.807, 2.05) is 11.5 Å². The van der Waals surface area contributed by atoms with Gasteiger partial charge in [-0.1, -0.05) is 13.8 Å². The van der Waals surface area contributed by atoms with Crippen molar-refractivity contribution in [1.82, 2.24) is 14.8 Å². The smallest absolute Gasteiger partial charge is 0.376 e. The van der Waals surface area contributed by atoms with Crippen molar-refractivity contribution in [2.75, 3.05) is 6.61 Å². The number of nitrogens with zero attached hydrogens (tertiary/aromatic N) is 3. The fraction of sp³-hybridized carbons (Fsp3) is 0.727. The molecule has 1 aromatic rings. The van der Waals surface area contributed by atoms with E-state index in [-0.39, 0.29) is 11.4 Å². The molecule has 16 heavy (non-hydrogen) atoms. The summed E-state index contributed by atoms with van der Waals surface area (Å²) in [6.45, 7) is 8.35. The summed E-state index contributed by atoms with van der Waals surface area (Å²) in [4.78, 5) is 11.7. The van der Waals surface area contributed by atoms with E-state index in [1.165, 1.54) is 0 Å². The Balaban J connectivity index is 2.30.